The molecule has 0 unspecified atom stereocenters. The smallest absolute Gasteiger partial charge is 0.253 e. The van der Waals surface area contributed by atoms with E-state index in [1.165, 1.54) is 11.3 Å². The van der Waals surface area contributed by atoms with Gasteiger partial charge < -0.3 is 10.2 Å². The highest BCUT2D eigenvalue weighted by atomic mass is 32.1. The molecule has 0 spiro atoms. The second-order valence-corrected chi connectivity index (χ2v) is 7.39. The van der Waals surface area contributed by atoms with Gasteiger partial charge in [-0.3, -0.25) is 19.3 Å². The third-order valence-corrected chi connectivity index (χ3v) is 5.56. The molecule has 2 aromatic rings. The van der Waals surface area contributed by atoms with Crippen LogP contribution in [0.15, 0.2) is 29.6 Å². The van der Waals surface area contributed by atoms with Crippen molar-refractivity contribution in [2.24, 2.45) is 0 Å². The lowest BCUT2D eigenvalue weighted by Crippen LogP contribution is -2.30. The zero-order valence-electron chi connectivity index (χ0n) is 16.1. The van der Waals surface area contributed by atoms with Crippen molar-refractivity contribution in [3.63, 3.8) is 0 Å². The first-order valence-electron chi connectivity index (χ1n) is 9.45. The molecule has 0 aliphatic carbocycles. The van der Waals surface area contributed by atoms with E-state index in [-0.39, 0.29) is 24.1 Å². The fourth-order valence-electron chi connectivity index (χ4n) is 3.11. The zero-order valence-corrected chi connectivity index (χ0v) is 16.9. The number of benzene rings is 1. The number of nitrogens with zero attached hydrogens (tertiary/aromatic N) is 3. The lowest BCUT2D eigenvalue weighted by molar-refractivity contribution is -0.117. The molecule has 3 amide bonds. The minimum Gasteiger partial charge on any atom is -0.339 e. The molecule has 8 heteroatoms. The third kappa shape index (κ3) is 4.56. The van der Waals surface area contributed by atoms with Gasteiger partial charge in [0, 0.05) is 42.7 Å². The highest BCUT2D eigenvalue weighted by Gasteiger charge is 2.24. The zero-order chi connectivity index (χ0) is 20.1. The summed E-state index contributed by atoms with van der Waals surface area (Å²) in [5.41, 5.74) is 1.87. The van der Waals surface area contributed by atoms with Gasteiger partial charge in [0.05, 0.1) is 12.1 Å². The molecule has 7 nitrogen and oxygen atoms in total. The van der Waals surface area contributed by atoms with E-state index in [9.17, 15) is 14.4 Å². The van der Waals surface area contributed by atoms with Crippen LogP contribution in [0.5, 0.6) is 0 Å². The highest BCUT2D eigenvalue weighted by Crippen LogP contribution is 2.25. The van der Waals surface area contributed by atoms with Gasteiger partial charge in [0.2, 0.25) is 11.8 Å². The predicted molar refractivity (Wildman–Crippen MR) is 110 cm³/mol. The maximum absolute atomic E-state index is 12.3. The first kappa shape index (κ1) is 20.0. The van der Waals surface area contributed by atoms with Crippen molar-refractivity contribution >= 4 is 39.9 Å². The van der Waals surface area contributed by atoms with E-state index >= 15 is 0 Å². The molecule has 1 N–H and O–H groups in total. The third-order valence-electron chi connectivity index (χ3n) is 4.65. The number of carbonyl (C=O) groups excluding carboxylic acids is 3. The van der Waals surface area contributed by atoms with Gasteiger partial charge in [-0.15, -0.1) is 11.3 Å². The Hall–Kier alpha value is -2.74. The molecule has 3 rings (SSSR count). The predicted octanol–water partition coefficient (Wildman–Crippen LogP) is 2.93. The molecule has 148 valence electrons. The Kier molecular flexibility index (Phi) is 6.41. The quantitative estimate of drug-likeness (QED) is 0.775. The van der Waals surface area contributed by atoms with Crippen molar-refractivity contribution in [3.8, 4) is 0 Å². The molecule has 2 heterocycles. The van der Waals surface area contributed by atoms with Gasteiger partial charge in [-0.1, -0.05) is 0 Å². The molecular weight excluding hydrogens is 376 g/mol. The first-order chi connectivity index (χ1) is 13.5. The Bertz CT molecular complexity index is 859. The van der Waals surface area contributed by atoms with E-state index in [1.54, 1.807) is 34.1 Å². The van der Waals surface area contributed by atoms with E-state index in [1.807, 2.05) is 19.2 Å². The Morgan fingerprint density at radius 3 is 2.54 bits per heavy atom. The number of aromatic nitrogens is 1. The average molecular weight is 401 g/mol. The van der Waals surface area contributed by atoms with Crippen LogP contribution in [0.1, 0.15) is 42.7 Å². The molecule has 1 saturated heterocycles. The van der Waals surface area contributed by atoms with Gasteiger partial charge in [0.25, 0.3) is 5.91 Å². The van der Waals surface area contributed by atoms with Crippen LogP contribution >= 0.6 is 11.3 Å². The van der Waals surface area contributed by atoms with Crippen LogP contribution in [0.2, 0.25) is 0 Å². The summed E-state index contributed by atoms with van der Waals surface area (Å²) in [6.07, 6.45) is 1.54. The molecular formula is C20H24N4O3S. The molecule has 1 aromatic carbocycles. The Morgan fingerprint density at radius 1 is 1.21 bits per heavy atom. The topological polar surface area (TPSA) is 82.6 Å². The number of nitrogens with one attached hydrogen (secondary N) is 1. The molecule has 0 atom stereocenters. The summed E-state index contributed by atoms with van der Waals surface area (Å²) in [6.45, 7) is 5.90. The van der Waals surface area contributed by atoms with E-state index in [0.29, 0.717) is 48.1 Å². The van der Waals surface area contributed by atoms with Crippen LogP contribution in [0.3, 0.4) is 0 Å². The Balaban J connectivity index is 1.57. The normalized spacial score (nSPS) is 13.6. The SMILES string of the molecule is CCN(CC)C(=O)c1ccc(NC(=O)Cc2csc(N3CCCC3=O)n2)cc1. The molecule has 1 aromatic heterocycles. The standard InChI is InChI=1S/C20H24N4O3S/c1-3-23(4-2)19(27)14-7-9-15(10-8-14)21-17(25)12-16-13-28-20(22-16)24-11-5-6-18(24)26/h7-10,13H,3-6,11-12H2,1-2H3,(H,21,25). The van der Waals surface area contributed by atoms with Crippen LogP contribution in [-0.4, -0.2) is 47.2 Å². The molecule has 1 fully saturated rings. The number of anilines is 2. The minimum atomic E-state index is -0.188. The summed E-state index contributed by atoms with van der Waals surface area (Å²) in [5.74, 6) is -0.119. The summed E-state index contributed by atoms with van der Waals surface area (Å²) >= 11 is 1.38. The molecule has 1 aliphatic heterocycles. The fraction of sp³-hybridized carbons (Fsp3) is 0.400. The summed E-state index contributed by atoms with van der Waals surface area (Å²) in [7, 11) is 0. The number of hydrogen-bond donors (Lipinski definition) is 1. The number of carbonyl (C=O) groups is 3. The van der Waals surface area contributed by atoms with E-state index < -0.39 is 0 Å². The molecule has 0 saturated carbocycles. The fourth-order valence-corrected chi connectivity index (χ4v) is 3.98. The van der Waals surface area contributed by atoms with Crippen LogP contribution < -0.4 is 10.2 Å². The van der Waals surface area contributed by atoms with Crippen LogP contribution in [0.4, 0.5) is 10.8 Å². The van der Waals surface area contributed by atoms with Crippen molar-refractivity contribution in [3.05, 3.63) is 40.9 Å². The average Bonchev–Trinajstić information content (AvgIpc) is 3.31. The summed E-state index contributed by atoms with van der Waals surface area (Å²) in [4.78, 5) is 44.2. The van der Waals surface area contributed by atoms with Crippen molar-refractivity contribution < 1.29 is 14.4 Å². The van der Waals surface area contributed by atoms with Gasteiger partial charge in [-0.25, -0.2) is 4.98 Å². The number of rotatable bonds is 7. The van der Waals surface area contributed by atoms with Crippen LogP contribution in [0, 0.1) is 0 Å². The Morgan fingerprint density at radius 2 is 1.93 bits per heavy atom. The largest absolute Gasteiger partial charge is 0.339 e. The molecule has 0 radical (unpaired) electrons. The van der Waals surface area contributed by atoms with Crippen molar-refractivity contribution in [2.75, 3.05) is 29.9 Å². The van der Waals surface area contributed by atoms with E-state index in [4.69, 9.17) is 0 Å². The minimum absolute atomic E-state index is 0.0191. The van der Waals surface area contributed by atoms with Crippen LogP contribution in [0.25, 0.3) is 0 Å². The maximum atomic E-state index is 12.3. The molecule has 0 bridgehead atoms. The van der Waals surface area contributed by atoms with Crippen molar-refractivity contribution in [1.29, 1.82) is 0 Å². The van der Waals surface area contributed by atoms with Gasteiger partial charge in [-0.05, 0) is 44.5 Å². The summed E-state index contributed by atoms with van der Waals surface area (Å²) in [5, 5.41) is 5.29. The monoisotopic (exact) mass is 400 g/mol. The molecule has 28 heavy (non-hydrogen) atoms. The van der Waals surface area contributed by atoms with E-state index in [2.05, 4.69) is 10.3 Å². The number of amides is 3. The van der Waals surface area contributed by atoms with Crippen molar-refractivity contribution in [1.82, 2.24) is 9.88 Å². The number of thiazole rings is 1. The van der Waals surface area contributed by atoms with Gasteiger partial charge in [0.15, 0.2) is 5.13 Å². The van der Waals surface area contributed by atoms with Gasteiger partial charge >= 0.3 is 0 Å². The summed E-state index contributed by atoms with van der Waals surface area (Å²) in [6, 6.07) is 6.89. The molecule has 1 aliphatic rings. The van der Waals surface area contributed by atoms with Gasteiger partial charge in [0.1, 0.15) is 0 Å². The van der Waals surface area contributed by atoms with Crippen molar-refractivity contribution in [2.45, 2.75) is 33.1 Å². The van der Waals surface area contributed by atoms with Gasteiger partial charge in [-0.2, -0.15) is 0 Å². The Labute approximate surface area is 168 Å². The number of hydrogen-bond acceptors (Lipinski definition) is 5. The second kappa shape index (κ2) is 8.97. The lowest BCUT2D eigenvalue weighted by atomic mass is 10.1. The second-order valence-electron chi connectivity index (χ2n) is 6.55. The maximum Gasteiger partial charge on any atom is 0.253 e. The van der Waals surface area contributed by atoms with E-state index in [0.717, 1.165) is 6.42 Å². The highest BCUT2D eigenvalue weighted by molar-refractivity contribution is 7.14. The summed E-state index contributed by atoms with van der Waals surface area (Å²) < 4.78 is 0. The lowest BCUT2D eigenvalue weighted by Gasteiger charge is -2.18. The van der Waals surface area contributed by atoms with Crippen LogP contribution in [-0.2, 0) is 16.0 Å². The first-order valence-corrected chi connectivity index (χ1v) is 10.3.